The molecule has 0 spiro atoms. The summed E-state index contributed by atoms with van der Waals surface area (Å²) in [6, 6.07) is 25.2. The maximum absolute atomic E-state index is 13.0. The van der Waals surface area contributed by atoms with E-state index in [0.717, 1.165) is 39.3 Å². The van der Waals surface area contributed by atoms with Gasteiger partial charge in [-0.1, -0.05) is 38.3 Å². The number of hydrogen-bond acceptors (Lipinski definition) is 9. The van der Waals surface area contributed by atoms with Gasteiger partial charge in [0.05, 0.1) is 11.1 Å². The summed E-state index contributed by atoms with van der Waals surface area (Å²) >= 11 is 0. The second-order valence-corrected chi connectivity index (χ2v) is 9.90. The first-order valence-corrected chi connectivity index (χ1v) is 14.2. The number of fused-ring (bicyclic) bond motifs is 2. The summed E-state index contributed by atoms with van der Waals surface area (Å²) in [6.45, 7) is 8.39. The molecule has 9 heteroatoms. The Morgan fingerprint density at radius 2 is 1.15 bits per heavy atom. The molecule has 46 heavy (non-hydrogen) atoms. The second-order valence-electron chi connectivity index (χ2n) is 9.90. The number of aryl methyl sites for hydroxylation is 1. The fraction of sp³-hybridized carbons (Fsp3) is 0.0811. The molecule has 0 aromatic heterocycles. The fourth-order valence-corrected chi connectivity index (χ4v) is 4.60. The van der Waals surface area contributed by atoms with Gasteiger partial charge in [-0.15, -0.1) is 0 Å². The summed E-state index contributed by atoms with van der Waals surface area (Å²) in [5.41, 5.74) is 1.56. The van der Waals surface area contributed by atoms with Crippen LogP contribution in [0.3, 0.4) is 0 Å². The first kappa shape index (κ1) is 31.2. The fourth-order valence-electron chi connectivity index (χ4n) is 4.60. The van der Waals surface area contributed by atoms with Crippen LogP contribution in [-0.2, 0) is 20.7 Å². The maximum Gasteiger partial charge on any atom is 0.343 e. The third-order valence-electron chi connectivity index (χ3n) is 6.90. The molecule has 0 unspecified atom stereocenters. The van der Waals surface area contributed by atoms with Crippen molar-refractivity contribution in [3.63, 3.8) is 0 Å². The van der Waals surface area contributed by atoms with Crippen LogP contribution in [0.4, 0.5) is 0 Å². The Kier molecular flexibility index (Phi) is 9.53. The minimum Gasteiger partial charge on any atom is -0.457 e. The Balaban J connectivity index is 1.27. The van der Waals surface area contributed by atoms with E-state index in [2.05, 4.69) is 13.2 Å². The highest BCUT2D eigenvalue weighted by Gasteiger charge is 2.14. The molecule has 5 rings (SSSR count). The molecule has 0 aliphatic rings. The van der Waals surface area contributed by atoms with Crippen molar-refractivity contribution in [2.24, 2.45) is 0 Å². The van der Waals surface area contributed by atoms with Crippen molar-refractivity contribution in [1.29, 1.82) is 0 Å². The van der Waals surface area contributed by atoms with E-state index >= 15 is 0 Å². The zero-order valence-electron chi connectivity index (χ0n) is 24.8. The Bertz CT molecular complexity index is 1990. The van der Waals surface area contributed by atoms with E-state index in [1.165, 1.54) is 0 Å². The van der Waals surface area contributed by atoms with Crippen molar-refractivity contribution in [2.75, 3.05) is 6.79 Å². The number of hydrogen-bond donors (Lipinski definition) is 0. The quantitative estimate of drug-likeness (QED) is 0.0660. The van der Waals surface area contributed by atoms with Crippen molar-refractivity contribution >= 4 is 45.4 Å². The van der Waals surface area contributed by atoms with Crippen LogP contribution in [0.25, 0.3) is 21.5 Å². The average molecular weight is 617 g/mol. The van der Waals surface area contributed by atoms with Gasteiger partial charge in [0, 0.05) is 12.2 Å². The molecule has 230 valence electrons. The average Bonchev–Trinajstić information content (AvgIpc) is 3.07. The van der Waals surface area contributed by atoms with Crippen LogP contribution in [0.2, 0.25) is 0 Å². The molecule has 0 saturated carbocycles. The van der Waals surface area contributed by atoms with Crippen molar-refractivity contribution in [3.05, 3.63) is 133 Å². The molecule has 0 heterocycles. The molecule has 9 nitrogen and oxygen atoms in total. The standard InChI is InChI=1S/C37H28O9/c1-4-23-18-32(46-36(40)24-9-13-29(14-10-24)42-22-43-34(38)5-2)20-27-12-16-31(21-33(23)27)45-37(41)28-8-7-26-19-30(44-35(39)6-3)15-11-25(26)17-28/h5-21H,2-4,22H2,1H3. The summed E-state index contributed by atoms with van der Waals surface area (Å²) in [6.07, 6.45) is 2.75. The normalized spacial score (nSPS) is 10.5. The molecule has 0 atom stereocenters. The predicted octanol–water partition coefficient (Wildman–Crippen LogP) is 7.15. The molecule has 0 aliphatic heterocycles. The second kappa shape index (κ2) is 14.0. The van der Waals surface area contributed by atoms with E-state index < -0.39 is 23.9 Å². The SMILES string of the molecule is C=CC(=O)OCOc1ccc(C(=O)Oc2cc(CC)c3cc(OC(=O)c4ccc5cc(OC(=O)C=C)ccc5c4)ccc3c2)cc1. The molecule has 0 N–H and O–H groups in total. The highest BCUT2D eigenvalue weighted by atomic mass is 16.7. The molecule has 0 saturated heterocycles. The zero-order valence-corrected chi connectivity index (χ0v) is 24.8. The Hall–Kier alpha value is -6.22. The lowest BCUT2D eigenvalue weighted by molar-refractivity contribution is -0.144. The van der Waals surface area contributed by atoms with E-state index in [9.17, 15) is 19.2 Å². The van der Waals surface area contributed by atoms with E-state index in [1.54, 1.807) is 91.0 Å². The monoisotopic (exact) mass is 616 g/mol. The number of ether oxygens (including phenoxy) is 5. The highest BCUT2D eigenvalue weighted by Crippen LogP contribution is 2.31. The minimum atomic E-state index is -0.604. The topological polar surface area (TPSA) is 114 Å². The lowest BCUT2D eigenvalue weighted by Gasteiger charge is -2.12. The number of carbonyl (C=O) groups is 4. The summed E-state index contributed by atoms with van der Waals surface area (Å²) in [5, 5.41) is 3.22. The van der Waals surface area contributed by atoms with Crippen LogP contribution >= 0.6 is 0 Å². The van der Waals surface area contributed by atoms with Crippen LogP contribution < -0.4 is 18.9 Å². The molecule has 0 bridgehead atoms. The number of benzene rings is 5. The number of esters is 4. The number of rotatable bonds is 11. The molecule has 5 aromatic carbocycles. The van der Waals surface area contributed by atoms with Crippen LogP contribution in [-0.4, -0.2) is 30.7 Å². The van der Waals surface area contributed by atoms with Gasteiger partial charge in [0.25, 0.3) is 0 Å². The summed E-state index contributed by atoms with van der Waals surface area (Å²) in [5.74, 6) is -0.722. The van der Waals surface area contributed by atoms with Gasteiger partial charge in [-0.25, -0.2) is 19.2 Å². The third kappa shape index (κ3) is 7.46. The van der Waals surface area contributed by atoms with Gasteiger partial charge in [-0.2, -0.15) is 0 Å². The molecule has 0 amide bonds. The van der Waals surface area contributed by atoms with Crippen LogP contribution in [0.5, 0.6) is 23.0 Å². The van der Waals surface area contributed by atoms with Crippen molar-refractivity contribution in [2.45, 2.75) is 13.3 Å². The molecule has 0 radical (unpaired) electrons. The van der Waals surface area contributed by atoms with Crippen LogP contribution in [0.1, 0.15) is 33.2 Å². The summed E-state index contributed by atoms with van der Waals surface area (Å²) < 4.78 is 26.6. The first-order chi connectivity index (χ1) is 22.3. The summed E-state index contributed by atoms with van der Waals surface area (Å²) in [7, 11) is 0. The van der Waals surface area contributed by atoms with Gasteiger partial charge in [0.15, 0.2) is 0 Å². The van der Waals surface area contributed by atoms with E-state index in [1.807, 2.05) is 6.92 Å². The Morgan fingerprint density at radius 3 is 1.87 bits per heavy atom. The predicted molar refractivity (Wildman–Crippen MR) is 171 cm³/mol. The van der Waals surface area contributed by atoms with Crippen molar-refractivity contribution in [1.82, 2.24) is 0 Å². The lowest BCUT2D eigenvalue weighted by atomic mass is 10.0. The van der Waals surface area contributed by atoms with Gasteiger partial charge in [-0.3, -0.25) is 0 Å². The first-order valence-electron chi connectivity index (χ1n) is 14.2. The zero-order chi connectivity index (χ0) is 32.6. The van der Waals surface area contributed by atoms with Gasteiger partial charge >= 0.3 is 23.9 Å². The van der Waals surface area contributed by atoms with Gasteiger partial charge < -0.3 is 23.7 Å². The smallest absolute Gasteiger partial charge is 0.343 e. The maximum atomic E-state index is 13.0. The largest absolute Gasteiger partial charge is 0.457 e. The molecule has 0 aliphatic carbocycles. The van der Waals surface area contributed by atoms with E-state index in [0.29, 0.717) is 40.5 Å². The van der Waals surface area contributed by atoms with Crippen LogP contribution in [0.15, 0.2) is 116 Å². The van der Waals surface area contributed by atoms with Gasteiger partial charge in [-0.05, 0) is 106 Å². The summed E-state index contributed by atoms with van der Waals surface area (Å²) in [4.78, 5) is 48.5. The molecular formula is C37H28O9. The Labute approximate surface area is 264 Å². The molecule has 5 aromatic rings. The van der Waals surface area contributed by atoms with Crippen molar-refractivity contribution < 1.29 is 42.9 Å². The minimum absolute atomic E-state index is 0.283. The Morgan fingerprint density at radius 1 is 0.587 bits per heavy atom. The van der Waals surface area contributed by atoms with E-state index in [4.69, 9.17) is 23.7 Å². The highest BCUT2D eigenvalue weighted by molar-refractivity contribution is 5.98. The van der Waals surface area contributed by atoms with Crippen LogP contribution in [0, 0.1) is 0 Å². The third-order valence-corrected chi connectivity index (χ3v) is 6.90. The van der Waals surface area contributed by atoms with Gasteiger partial charge in [0.2, 0.25) is 6.79 Å². The van der Waals surface area contributed by atoms with Gasteiger partial charge in [0.1, 0.15) is 23.0 Å². The molecular weight excluding hydrogens is 588 g/mol. The molecule has 0 fully saturated rings. The van der Waals surface area contributed by atoms with Crippen molar-refractivity contribution in [3.8, 4) is 23.0 Å². The van der Waals surface area contributed by atoms with E-state index in [-0.39, 0.29) is 6.79 Å². The number of carbonyl (C=O) groups excluding carboxylic acids is 4. The lowest BCUT2D eigenvalue weighted by Crippen LogP contribution is -2.10.